The molecule has 0 aliphatic carbocycles. The fourth-order valence-corrected chi connectivity index (χ4v) is 2.53. The van der Waals surface area contributed by atoms with Crippen LogP contribution in [-0.2, 0) is 6.54 Å². The lowest BCUT2D eigenvalue weighted by atomic mass is 10.1. The Bertz CT molecular complexity index is 563. The summed E-state index contributed by atoms with van der Waals surface area (Å²) in [6.07, 6.45) is 4.50. The lowest BCUT2D eigenvalue weighted by Gasteiger charge is -2.21. The number of aryl methyl sites for hydroxylation is 1. The van der Waals surface area contributed by atoms with Crippen LogP contribution in [0.4, 0.5) is 0 Å². The van der Waals surface area contributed by atoms with Gasteiger partial charge in [0.05, 0.1) is 30.1 Å². The normalized spacial score (nSPS) is 12.4. The lowest BCUT2D eigenvalue weighted by Crippen LogP contribution is -2.27. The van der Waals surface area contributed by atoms with Gasteiger partial charge in [0.25, 0.3) is 0 Å². The Morgan fingerprint density at radius 2 is 2.24 bits per heavy atom. The Balaban J connectivity index is 2.50. The van der Waals surface area contributed by atoms with E-state index < -0.39 is 0 Å². The van der Waals surface area contributed by atoms with E-state index in [0.29, 0.717) is 5.02 Å². The zero-order valence-corrected chi connectivity index (χ0v) is 13.4. The standard InChI is InChI=1S/C15H21ClN4O/c1-4-8-17-14(13-11(16)7-6-9-18-13)15-12(21-3)10-19-20(15)5-2/h6-7,9-10,14,17H,4-5,8H2,1-3H3. The number of hydrogen-bond donors (Lipinski definition) is 1. The molecule has 1 unspecified atom stereocenters. The van der Waals surface area contributed by atoms with E-state index in [1.165, 1.54) is 0 Å². The summed E-state index contributed by atoms with van der Waals surface area (Å²) in [5.74, 6) is 0.743. The van der Waals surface area contributed by atoms with Crippen LogP contribution in [0.1, 0.15) is 37.7 Å². The van der Waals surface area contributed by atoms with Crippen LogP contribution in [-0.4, -0.2) is 28.4 Å². The third-order valence-electron chi connectivity index (χ3n) is 3.30. The first kappa shape index (κ1) is 15.8. The molecule has 0 radical (unpaired) electrons. The minimum atomic E-state index is -0.143. The van der Waals surface area contributed by atoms with Crippen molar-refractivity contribution in [3.8, 4) is 5.75 Å². The van der Waals surface area contributed by atoms with Gasteiger partial charge < -0.3 is 10.1 Å². The molecule has 5 nitrogen and oxygen atoms in total. The van der Waals surface area contributed by atoms with Gasteiger partial charge in [-0.15, -0.1) is 0 Å². The molecule has 0 fully saturated rings. The van der Waals surface area contributed by atoms with Gasteiger partial charge in [-0.25, -0.2) is 0 Å². The quantitative estimate of drug-likeness (QED) is 0.854. The van der Waals surface area contributed by atoms with Crippen LogP contribution in [0.15, 0.2) is 24.5 Å². The average Bonchev–Trinajstić information content (AvgIpc) is 2.92. The van der Waals surface area contributed by atoms with E-state index in [-0.39, 0.29) is 6.04 Å². The summed E-state index contributed by atoms with van der Waals surface area (Å²) >= 11 is 6.33. The number of hydrogen-bond acceptors (Lipinski definition) is 4. The Hall–Kier alpha value is -1.59. The van der Waals surface area contributed by atoms with Crippen LogP contribution >= 0.6 is 11.6 Å². The van der Waals surface area contributed by atoms with E-state index in [0.717, 1.165) is 36.6 Å². The highest BCUT2D eigenvalue weighted by atomic mass is 35.5. The third-order valence-corrected chi connectivity index (χ3v) is 3.62. The maximum Gasteiger partial charge on any atom is 0.161 e. The molecule has 0 bridgehead atoms. The Morgan fingerprint density at radius 1 is 1.43 bits per heavy atom. The van der Waals surface area contributed by atoms with Crippen LogP contribution in [0.25, 0.3) is 0 Å². The summed E-state index contributed by atoms with van der Waals surface area (Å²) in [5, 5.41) is 8.50. The monoisotopic (exact) mass is 308 g/mol. The highest BCUT2D eigenvalue weighted by molar-refractivity contribution is 6.31. The number of rotatable bonds is 7. The third kappa shape index (κ3) is 3.36. The molecule has 0 spiro atoms. The van der Waals surface area contributed by atoms with Crippen LogP contribution in [0.3, 0.4) is 0 Å². The van der Waals surface area contributed by atoms with Gasteiger partial charge in [0.2, 0.25) is 0 Å². The van der Waals surface area contributed by atoms with E-state index in [4.69, 9.17) is 16.3 Å². The SMILES string of the molecule is CCCNC(c1ncccc1Cl)c1c(OC)cnn1CC. The fourth-order valence-electron chi connectivity index (χ4n) is 2.30. The second-order valence-corrected chi connectivity index (χ2v) is 5.08. The highest BCUT2D eigenvalue weighted by Gasteiger charge is 2.25. The van der Waals surface area contributed by atoms with E-state index in [1.54, 1.807) is 19.5 Å². The molecule has 0 aromatic carbocycles. The van der Waals surface area contributed by atoms with E-state index in [9.17, 15) is 0 Å². The molecule has 114 valence electrons. The summed E-state index contributed by atoms with van der Waals surface area (Å²) in [4.78, 5) is 4.45. The molecule has 0 aliphatic rings. The molecule has 2 heterocycles. The van der Waals surface area contributed by atoms with Crippen molar-refractivity contribution < 1.29 is 4.74 Å². The number of methoxy groups -OCH3 is 1. The van der Waals surface area contributed by atoms with Gasteiger partial charge in [-0.3, -0.25) is 9.67 Å². The van der Waals surface area contributed by atoms with E-state index in [2.05, 4.69) is 22.3 Å². The topological polar surface area (TPSA) is 52.0 Å². The van der Waals surface area contributed by atoms with Crippen molar-refractivity contribution in [2.45, 2.75) is 32.9 Å². The smallest absolute Gasteiger partial charge is 0.161 e. The summed E-state index contributed by atoms with van der Waals surface area (Å²) in [6, 6.07) is 3.54. The molecule has 2 rings (SSSR count). The van der Waals surface area contributed by atoms with Crippen molar-refractivity contribution in [1.82, 2.24) is 20.1 Å². The molecule has 6 heteroatoms. The molecule has 21 heavy (non-hydrogen) atoms. The predicted molar refractivity (Wildman–Crippen MR) is 83.8 cm³/mol. The molecule has 2 aromatic heterocycles. The van der Waals surface area contributed by atoms with Gasteiger partial charge in [0.15, 0.2) is 5.75 Å². The lowest BCUT2D eigenvalue weighted by molar-refractivity contribution is 0.398. The summed E-state index contributed by atoms with van der Waals surface area (Å²) in [5.41, 5.74) is 1.75. The number of halogens is 1. The van der Waals surface area contributed by atoms with Crippen LogP contribution in [0.2, 0.25) is 5.02 Å². The number of nitrogens with zero attached hydrogens (tertiary/aromatic N) is 3. The Morgan fingerprint density at radius 3 is 2.86 bits per heavy atom. The van der Waals surface area contributed by atoms with Crippen molar-refractivity contribution >= 4 is 11.6 Å². The van der Waals surface area contributed by atoms with Gasteiger partial charge in [0.1, 0.15) is 5.69 Å². The Labute approximate surface area is 130 Å². The van der Waals surface area contributed by atoms with Crippen LogP contribution < -0.4 is 10.1 Å². The van der Waals surface area contributed by atoms with Crippen molar-refractivity contribution in [1.29, 1.82) is 0 Å². The molecule has 0 saturated heterocycles. The maximum absolute atomic E-state index is 6.33. The molecule has 1 N–H and O–H groups in total. The largest absolute Gasteiger partial charge is 0.493 e. The maximum atomic E-state index is 6.33. The fraction of sp³-hybridized carbons (Fsp3) is 0.467. The minimum Gasteiger partial charge on any atom is -0.493 e. The number of nitrogens with one attached hydrogen (secondary N) is 1. The minimum absolute atomic E-state index is 0.143. The average molecular weight is 309 g/mol. The second-order valence-electron chi connectivity index (χ2n) is 4.67. The van der Waals surface area contributed by atoms with Gasteiger partial charge in [-0.05, 0) is 32.0 Å². The number of ether oxygens (including phenoxy) is 1. The van der Waals surface area contributed by atoms with Crippen LogP contribution in [0, 0.1) is 0 Å². The summed E-state index contributed by atoms with van der Waals surface area (Å²) < 4.78 is 7.37. The Kier molecular flexibility index (Phi) is 5.59. The van der Waals surface area contributed by atoms with Crippen molar-refractivity contribution in [2.75, 3.05) is 13.7 Å². The van der Waals surface area contributed by atoms with Crippen molar-refractivity contribution in [3.63, 3.8) is 0 Å². The van der Waals surface area contributed by atoms with Gasteiger partial charge in [0, 0.05) is 12.7 Å². The first-order valence-electron chi connectivity index (χ1n) is 7.16. The molecule has 1 atom stereocenters. The summed E-state index contributed by atoms with van der Waals surface area (Å²) in [6.45, 7) is 5.79. The second kappa shape index (κ2) is 7.43. The first-order chi connectivity index (χ1) is 10.2. The van der Waals surface area contributed by atoms with Crippen molar-refractivity contribution in [2.24, 2.45) is 0 Å². The van der Waals surface area contributed by atoms with Gasteiger partial charge >= 0.3 is 0 Å². The zero-order chi connectivity index (χ0) is 15.2. The van der Waals surface area contributed by atoms with Crippen LogP contribution in [0.5, 0.6) is 5.75 Å². The predicted octanol–water partition coefficient (Wildman–Crippen LogP) is 3.05. The molecular weight excluding hydrogens is 288 g/mol. The van der Waals surface area contributed by atoms with E-state index >= 15 is 0 Å². The number of aromatic nitrogens is 3. The van der Waals surface area contributed by atoms with Gasteiger partial charge in [-0.1, -0.05) is 18.5 Å². The molecule has 0 aliphatic heterocycles. The first-order valence-corrected chi connectivity index (χ1v) is 7.54. The molecule has 0 saturated carbocycles. The van der Waals surface area contributed by atoms with Crippen molar-refractivity contribution in [3.05, 3.63) is 40.9 Å². The van der Waals surface area contributed by atoms with E-state index in [1.807, 2.05) is 23.7 Å². The highest BCUT2D eigenvalue weighted by Crippen LogP contribution is 2.32. The molecular formula is C15H21ClN4O. The van der Waals surface area contributed by atoms with Gasteiger partial charge in [-0.2, -0.15) is 5.10 Å². The molecule has 0 amide bonds. The molecule has 2 aromatic rings. The zero-order valence-electron chi connectivity index (χ0n) is 12.6. The summed E-state index contributed by atoms with van der Waals surface area (Å²) in [7, 11) is 1.65. The number of pyridine rings is 1.